The normalized spacial score (nSPS) is 12.4. The summed E-state index contributed by atoms with van der Waals surface area (Å²) in [6, 6.07) is 6.69. The number of aromatic nitrogens is 1. The van der Waals surface area contributed by atoms with Crippen molar-refractivity contribution in [1.82, 2.24) is 4.57 Å². The van der Waals surface area contributed by atoms with Crippen LogP contribution >= 0.6 is 0 Å². The van der Waals surface area contributed by atoms with Crippen molar-refractivity contribution in [1.29, 1.82) is 5.26 Å². The van der Waals surface area contributed by atoms with E-state index in [0.717, 1.165) is 25.0 Å². The van der Waals surface area contributed by atoms with Gasteiger partial charge in [0.05, 0.1) is 0 Å². The largest absolute Gasteiger partial charge is 0.334 e. The third kappa shape index (κ3) is 1.98. The Kier molecular flexibility index (Phi) is 3.76. The van der Waals surface area contributed by atoms with Crippen LogP contribution in [0.2, 0.25) is 0 Å². The van der Waals surface area contributed by atoms with Gasteiger partial charge in [0, 0.05) is 11.7 Å². The van der Waals surface area contributed by atoms with Crippen molar-refractivity contribution in [3.05, 3.63) is 23.5 Å². The molecule has 0 amide bonds. The fourth-order valence-electron chi connectivity index (χ4n) is 1.74. The third-order valence-electron chi connectivity index (χ3n) is 2.65. The quantitative estimate of drug-likeness (QED) is 0.716. The molecule has 0 bridgehead atoms. The van der Waals surface area contributed by atoms with Crippen LogP contribution in [-0.4, -0.2) is 4.57 Å². The maximum atomic E-state index is 8.97. The molecule has 0 aliphatic carbocycles. The summed E-state index contributed by atoms with van der Waals surface area (Å²) in [5, 5.41) is 8.97. The lowest BCUT2D eigenvalue weighted by molar-refractivity contribution is 0.508. The fourth-order valence-corrected chi connectivity index (χ4v) is 1.74. The van der Waals surface area contributed by atoms with E-state index < -0.39 is 0 Å². The minimum Gasteiger partial charge on any atom is -0.334 e. The van der Waals surface area contributed by atoms with Crippen molar-refractivity contribution >= 4 is 0 Å². The molecule has 0 unspecified atom stereocenters. The van der Waals surface area contributed by atoms with Crippen LogP contribution in [0.5, 0.6) is 0 Å². The van der Waals surface area contributed by atoms with Gasteiger partial charge in [-0.2, -0.15) is 5.26 Å². The minimum absolute atomic E-state index is 0.432. The van der Waals surface area contributed by atoms with Gasteiger partial charge >= 0.3 is 0 Å². The number of nitriles is 1. The lowest BCUT2D eigenvalue weighted by atomic mass is 10.2. The molecule has 0 fully saturated rings. The first-order valence-corrected chi connectivity index (χ1v) is 5.34. The zero-order valence-corrected chi connectivity index (χ0v) is 9.25. The number of rotatable bonds is 4. The first-order chi connectivity index (χ1) is 6.74. The molecule has 1 rings (SSSR count). The van der Waals surface area contributed by atoms with E-state index in [4.69, 9.17) is 5.26 Å². The molecular weight excluding hydrogens is 172 g/mol. The van der Waals surface area contributed by atoms with Crippen molar-refractivity contribution in [3.63, 3.8) is 0 Å². The van der Waals surface area contributed by atoms with Crippen LogP contribution in [0.3, 0.4) is 0 Å². The van der Waals surface area contributed by atoms with Crippen molar-refractivity contribution in [2.75, 3.05) is 0 Å². The highest BCUT2D eigenvalue weighted by molar-refractivity contribution is 5.28. The summed E-state index contributed by atoms with van der Waals surface area (Å²) < 4.78 is 2.17. The topological polar surface area (TPSA) is 28.7 Å². The standard InChI is InChI=1S/C12H18N2/c1-4-6-11-7-8-12(9-13)14(11)10(3)5-2/h7-8,10H,4-6H2,1-3H3/t10-/m0/s1. The molecule has 0 aliphatic rings. The van der Waals surface area contributed by atoms with Gasteiger partial charge in [-0.3, -0.25) is 0 Å². The summed E-state index contributed by atoms with van der Waals surface area (Å²) in [5.41, 5.74) is 2.08. The van der Waals surface area contributed by atoms with Gasteiger partial charge in [0.25, 0.3) is 0 Å². The van der Waals surface area contributed by atoms with Crippen molar-refractivity contribution in [2.45, 2.75) is 46.1 Å². The minimum atomic E-state index is 0.432. The van der Waals surface area contributed by atoms with E-state index in [2.05, 4.69) is 37.5 Å². The molecular formula is C12H18N2. The van der Waals surface area contributed by atoms with Crippen molar-refractivity contribution < 1.29 is 0 Å². The maximum absolute atomic E-state index is 8.97. The zero-order valence-electron chi connectivity index (χ0n) is 9.25. The van der Waals surface area contributed by atoms with E-state index in [1.165, 1.54) is 5.69 Å². The number of hydrogen-bond acceptors (Lipinski definition) is 1. The van der Waals surface area contributed by atoms with Crippen LogP contribution in [0.15, 0.2) is 12.1 Å². The first-order valence-electron chi connectivity index (χ1n) is 5.34. The number of nitrogens with zero attached hydrogens (tertiary/aromatic N) is 2. The summed E-state index contributed by atoms with van der Waals surface area (Å²) >= 11 is 0. The summed E-state index contributed by atoms with van der Waals surface area (Å²) in [4.78, 5) is 0. The Morgan fingerprint density at radius 2 is 2.14 bits per heavy atom. The Balaban J connectivity index is 3.07. The van der Waals surface area contributed by atoms with E-state index in [1.807, 2.05) is 6.07 Å². The van der Waals surface area contributed by atoms with Gasteiger partial charge in [-0.15, -0.1) is 0 Å². The average molecular weight is 190 g/mol. The van der Waals surface area contributed by atoms with Gasteiger partial charge < -0.3 is 4.57 Å². The molecule has 0 aromatic carbocycles. The van der Waals surface area contributed by atoms with Gasteiger partial charge in [0.15, 0.2) is 0 Å². The van der Waals surface area contributed by atoms with E-state index in [-0.39, 0.29) is 0 Å². The van der Waals surface area contributed by atoms with Gasteiger partial charge in [-0.1, -0.05) is 20.3 Å². The second-order valence-corrected chi connectivity index (χ2v) is 3.70. The van der Waals surface area contributed by atoms with Crippen LogP contribution in [0.1, 0.15) is 51.0 Å². The summed E-state index contributed by atoms with van der Waals surface area (Å²) in [6.45, 7) is 6.49. The molecule has 1 heterocycles. The Hall–Kier alpha value is -1.23. The molecule has 0 saturated carbocycles. The van der Waals surface area contributed by atoms with Crippen molar-refractivity contribution in [3.8, 4) is 6.07 Å². The van der Waals surface area contributed by atoms with E-state index in [9.17, 15) is 0 Å². The zero-order chi connectivity index (χ0) is 10.6. The Labute approximate surface area is 86.2 Å². The number of aryl methyl sites for hydroxylation is 1. The molecule has 1 aromatic rings. The first kappa shape index (κ1) is 10.8. The second kappa shape index (κ2) is 4.85. The Bertz CT molecular complexity index is 331. The molecule has 0 spiro atoms. The van der Waals surface area contributed by atoms with Gasteiger partial charge in [0.2, 0.25) is 0 Å². The molecule has 0 aliphatic heterocycles. The number of hydrogen-bond donors (Lipinski definition) is 0. The Morgan fingerprint density at radius 3 is 2.64 bits per heavy atom. The Morgan fingerprint density at radius 1 is 1.43 bits per heavy atom. The summed E-state index contributed by atoms with van der Waals surface area (Å²) in [5.74, 6) is 0. The maximum Gasteiger partial charge on any atom is 0.120 e. The monoisotopic (exact) mass is 190 g/mol. The van der Waals surface area contributed by atoms with Crippen LogP contribution in [-0.2, 0) is 6.42 Å². The highest BCUT2D eigenvalue weighted by Gasteiger charge is 2.11. The third-order valence-corrected chi connectivity index (χ3v) is 2.65. The van der Waals surface area contributed by atoms with Gasteiger partial charge in [-0.05, 0) is 31.9 Å². The van der Waals surface area contributed by atoms with Crippen molar-refractivity contribution in [2.24, 2.45) is 0 Å². The summed E-state index contributed by atoms with van der Waals surface area (Å²) in [6.07, 6.45) is 3.26. The van der Waals surface area contributed by atoms with E-state index in [1.54, 1.807) is 0 Å². The van der Waals surface area contributed by atoms with Crippen LogP contribution in [0.25, 0.3) is 0 Å². The molecule has 1 aromatic heterocycles. The lowest BCUT2D eigenvalue weighted by Gasteiger charge is -2.16. The highest BCUT2D eigenvalue weighted by Crippen LogP contribution is 2.19. The summed E-state index contributed by atoms with van der Waals surface area (Å²) in [7, 11) is 0. The van der Waals surface area contributed by atoms with E-state index in [0.29, 0.717) is 6.04 Å². The molecule has 2 heteroatoms. The second-order valence-electron chi connectivity index (χ2n) is 3.70. The molecule has 76 valence electrons. The molecule has 0 N–H and O–H groups in total. The van der Waals surface area contributed by atoms with Crippen LogP contribution in [0.4, 0.5) is 0 Å². The smallest absolute Gasteiger partial charge is 0.120 e. The predicted octanol–water partition coefficient (Wildman–Crippen LogP) is 3.28. The predicted molar refractivity (Wildman–Crippen MR) is 58.1 cm³/mol. The van der Waals surface area contributed by atoms with Crippen LogP contribution < -0.4 is 0 Å². The lowest BCUT2D eigenvalue weighted by Crippen LogP contribution is -2.09. The van der Waals surface area contributed by atoms with Gasteiger partial charge in [0.1, 0.15) is 11.8 Å². The molecule has 0 radical (unpaired) electrons. The molecule has 0 saturated heterocycles. The van der Waals surface area contributed by atoms with E-state index >= 15 is 0 Å². The van der Waals surface area contributed by atoms with Crippen LogP contribution in [0, 0.1) is 11.3 Å². The van der Waals surface area contributed by atoms with Gasteiger partial charge in [-0.25, -0.2) is 0 Å². The SMILES string of the molecule is CCCc1ccc(C#N)n1[C@@H](C)CC. The molecule has 14 heavy (non-hydrogen) atoms. The molecule has 2 nitrogen and oxygen atoms in total. The fraction of sp³-hybridized carbons (Fsp3) is 0.583. The molecule has 1 atom stereocenters. The average Bonchev–Trinajstić information content (AvgIpc) is 2.60. The highest BCUT2D eigenvalue weighted by atomic mass is 15.0.